The van der Waals surface area contributed by atoms with Gasteiger partial charge in [-0.2, -0.15) is 67.5 Å². The van der Waals surface area contributed by atoms with Crippen molar-refractivity contribution >= 4 is 79.2 Å². The van der Waals surface area contributed by atoms with Gasteiger partial charge in [0.05, 0.1) is 6.10 Å². The van der Waals surface area contributed by atoms with Crippen LogP contribution in [-0.4, -0.2) is 29.1 Å². The fourth-order valence-electron chi connectivity index (χ4n) is 8.75. The maximum Gasteiger partial charge on any atom is 0.306 e. The minimum atomic E-state index is -0.257. The Morgan fingerprint density at radius 1 is 1.03 bits per heavy atom. The summed E-state index contributed by atoms with van der Waals surface area (Å²) in [4.78, 5) is 24.1. The summed E-state index contributed by atoms with van der Waals surface area (Å²) in [6, 6.07) is 0. The fraction of sp³-hybridized carbons (Fsp3) is 0.739. The molecular formula is C23H36O4S5. The van der Waals surface area contributed by atoms with Crippen molar-refractivity contribution in [3.8, 4) is 0 Å². The lowest BCUT2D eigenvalue weighted by Crippen LogP contribution is -2.60. The topological polar surface area (TPSA) is 55.9 Å². The summed E-state index contributed by atoms with van der Waals surface area (Å²) >= 11 is 0. The van der Waals surface area contributed by atoms with E-state index in [2.05, 4.69) is 19.9 Å². The Morgan fingerprint density at radius 2 is 1.75 bits per heavy atom. The van der Waals surface area contributed by atoms with E-state index < -0.39 is 0 Å². The van der Waals surface area contributed by atoms with E-state index in [1.54, 1.807) is 6.08 Å². The highest BCUT2D eigenvalue weighted by molar-refractivity contribution is 7.60. The minimum Gasteiger partial charge on any atom is -0.458 e. The smallest absolute Gasteiger partial charge is 0.306 e. The van der Waals surface area contributed by atoms with Crippen LogP contribution in [0.5, 0.6) is 0 Å². The number of ketones is 1. The van der Waals surface area contributed by atoms with Crippen molar-refractivity contribution in [2.75, 3.05) is 0 Å². The number of hydrogen-bond acceptors (Lipinski definition) is 4. The van der Waals surface area contributed by atoms with Crippen molar-refractivity contribution in [1.29, 1.82) is 0 Å². The summed E-state index contributed by atoms with van der Waals surface area (Å²) in [7, 11) is 0. The molecule has 2 saturated heterocycles. The number of fused-ring (bicyclic) bond motifs is 7. The highest BCUT2D eigenvalue weighted by Gasteiger charge is 2.85. The zero-order valence-electron chi connectivity index (χ0n) is 18.5. The Hall–Kier alpha value is 0.330. The van der Waals surface area contributed by atoms with Crippen LogP contribution < -0.4 is 0 Å². The van der Waals surface area contributed by atoms with Gasteiger partial charge in [0.15, 0.2) is 5.78 Å². The van der Waals surface area contributed by atoms with Crippen LogP contribution in [0.2, 0.25) is 0 Å². The van der Waals surface area contributed by atoms with Gasteiger partial charge in [-0.1, -0.05) is 18.6 Å². The zero-order valence-corrected chi connectivity index (χ0v) is 23.5. The molecule has 7 aliphatic rings. The molecule has 182 valence electrons. The van der Waals surface area contributed by atoms with E-state index in [1.807, 2.05) is 6.08 Å². The Kier molecular flexibility index (Phi) is 7.31. The maximum atomic E-state index is 12.1. The summed E-state index contributed by atoms with van der Waals surface area (Å²) in [6.07, 6.45) is 11.9. The van der Waals surface area contributed by atoms with E-state index in [4.69, 9.17) is 9.47 Å². The highest BCUT2D eigenvalue weighted by Crippen LogP contribution is 2.82. The minimum absolute atomic E-state index is 0. The molecule has 32 heavy (non-hydrogen) atoms. The van der Waals surface area contributed by atoms with Gasteiger partial charge in [0.2, 0.25) is 0 Å². The molecule has 2 spiro atoms. The molecule has 1 unspecified atom stereocenters. The lowest BCUT2D eigenvalue weighted by atomic mass is 9.47. The summed E-state index contributed by atoms with van der Waals surface area (Å²) in [6.45, 7) is 4.70. The van der Waals surface area contributed by atoms with Crippen LogP contribution in [0.1, 0.15) is 52.4 Å². The summed E-state index contributed by atoms with van der Waals surface area (Å²) in [5.74, 6) is 2.41. The predicted octanol–water partition coefficient (Wildman–Crippen LogP) is 3.92. The second kappa shape index (κ2) is 8.19. The molecule has 2 heterocycles. The molecule has 0 aromatic heterocycles. The lowest BCUT2D eigenvalue weighted by molar-refractivity contribution is -0.164. The van der Waals surface area contributed by atoms with Crippen LogP contribution in [0.15, 0.2) is 23.8 Å². The first-order valence-electron chi connectivity index (χ1n) is 10.7. The molecule has 0 aromatic rings. The zero-order chi connectivity index (χ0) is 18.4. The third kappa shape index (κ3) is 2.87. The van der Waals surface area contributed by atoms with Gasteiger partial charge in [-0.15, -0.1) is 0 Å². The number of carbonyl (C=O) groups is 2. The number of hydrogen-bond donors (Lipinski definition) is 0. The first-order valence-corrected chi connectivity index (χ1v) is 10.7. The van der Waals surface area contributed by atoms with Crippen LogP contribution in [0.4, 0.5) is 0 Å². The fourth-order valence-corrected chi connectivity index (χ4v) is 8.75. The molecule has 4 nitrogen and oxygen atoms in total. The van der Waals surface area contributed by atoms with Crippen molar-refractivity contribution < 1.29 is 19.1 Å². The second-order valence-corrected chi connectivity index (χ2v) is 10.7. The summed E-state index contributed by atoms with van der Waals surface area (Å²) in [5, 5.41) is 0. The molecule has 0 bridgehead atoms. The molecule has 0 N–H and O–H groups in total. The Bertz CT molecular complexity index is 907. The molecule has 0 amide bonds. The Labute approximate surface area is 225 Å². The van der Waals surface area contributed by atoms with Gasteiger partial charge in [-0.3, -0.25) is 9.59 Å². The van der Waals surface area contributed by atoms with Crippen LogP contribution in [-0.2, 0) is 19.1 Å². The van der Waals surface area contributed by atoms with E-state index in [-0.39, 0.29) is 107 Å². The molecule has 2 aliphatic heterocycles. The first kappa shape index (κ1) is 28.6. The van der Waals surface area contributed by atoms with E-state index in [0.717, 1.165) is 25.7 Å². The van der Waals surface area contributed by atoms with Crippen LogP contribution in [0, 0.1) is 34.5 Å². The van der Waals surface area contributed by atoms with E-state index in [1.165, 1.54) is 12.0 Å². The largest absolute Gasteiger partial charge is 0.458 e. The highest BCUT2D eigenvalue weighted by atomic mass is 32.1. The average molecular weight is 537 g/mol. The Morgan fingerprint density at radius 3 is 2.41 bits per heavy atom. The molecule has 0 radical (unpaired) electrons. The van der Waals surface area contributed by atoms with Gasteiger partial charge in [-0.05, 0) is 74.9 Å². The molecule has 5 aliphatic carbocycles. The molecule has 6 fully saturated rings. The van der Waals surface area contributed by atoms with Gasteiger partial charge < -0.3 is 9.47 Å². The monoisotopic (exact) mass is 536 g/mol. The van der Waals surface area contributed by atoms with Gasteiger partial charge in [0.25, 0.3) is 0 Å². The maximum absolute atomic E-state index is 12.1. The lowest BCUT2D eigenvalue weighted by Gasteiger charge is -2.55. The van der Waals surface area contributed by atoms with Crippen molar-refractivity contribution in [3.05, 3.63) is 23.8 Å². The van der Waals surface area contributed by atoms with E-state index in [0.29, 0.717) is 30.1 Å². The van der Waals surface area contributed by atoms with E-state index >= 15 is 0 Å². The third-order valence-corrected chi connectivity index (χ3v) is 10.0. The van der Waals surface area contributed by atoms with Gasteiger partial charge in [-0.25, -0.2) is 0 Å². The normalized spacial score (nSPS) is 51.8. The van der Waals surface area contributed by atoms with Gasteiger partial charge in [0.1, 0.15) is 11.2 Å². The quantitative estimate of drug-likeness (QED) is 0.348. The van der Waals surface area contributed by atoms with Crippen molar-refractivity contribution in [3.63, 3.8) is 0 Å². The van der Waals surface area contributed by atoms with Crippen molar-refractivity contribution in [1.82, 2.24) is 0 Å². The predicted molar refractivity (Wildman–Crippen MR) is 148 cm³/mol. The summed E-state index contributed by atoms with van der Waals surface area (Å²) < 4.78 is 12.7. The van der Waals surface area contributed by atoms with Crippen molar-refractivity contribution in [2.45, 2.75) is 69.7 Å². The number of esters is 1. The number of epoxide rings is 1. The third-order valence-electron chi connectivity index (χ3n) is 10.0. The molecule has 4 saturated carbocycles. The SMILES string of the molecule is C[C@]12C=CC(=O)C=C1[C@@H]1C[C@@H]1[C@H]1[C@@H]3CC[C@@]4(CCC(=O)O4)[C@]3(C)C[C@H]3OC132.S.S.S.S.S. The number of ether oxygens (including phenoxy) is 2. The van der Waals surface area contributed by atoms with E-state index in [9.17, 15) is 9.59 Å². The second-order valence-electron chi connectivity index (χ2n) is 10.7. The summed E-state index contributed by atoms with van der Waals surface area (Å²) in [5.41, 5.74) is 0.839. The number of carbonyl (C=O) groups excluding carboxylic acids is 2. The molecule has 9 heteroatoms. The van der Waals surface area contributed by atoms with Gasteiger partial charge in [0, 0.05) is 17.3 Å². The van der Waals surface area contributed by atoms with Crippen molar-refractivity contribution in [2.24, 2.45) is 34.5 Å². The van der Waals surface area contributed by atoms with Crippen LogP contribution >= 0.6 is 67.5 Å². The first-order chi connectivity index (χ1) is 12.8. The average Bonchev–Trinajstić information content (AvgIpc) is 3.49. The molecule has 7 rings (SSSR count). The molecule has 9 atom stereocenters. The number of rotatable bonds is 0. The number of allylic oxidation sites excluding steroid dienone is 2. The van der Waals surface area contributed by atoms with Crippen LogP contribution in [0.25, 0.3) is 0 Å². The van der Waals surface area contributed by atoms with Gasteiger partial charge >= 0.3 is 5.97 Å². The Balaban J connectivity index is 0.000000726. The van der Waals surface area contributed by atoms with Crippen LogP contribution in [0.3, 0.4) is 0 Å². The molecular weight excluding hydrogens is 501 g/mol. The molecule has 0 aromatic carbocycles. The standard InChI is InChI=1S/C23H26O4.5H2S/c1-20-6-3-12(24)9-16(20)13-10-14(13)19-15-4-7-22(8-5-18(25)27-22)21(15,2)11-17-23(19,20)26-17;;;;;/h3,6,9,13-15,17,19H,4-5,7-8,10-11H2,1-2H3;5*1H2/t13-,14+,15+,17-,19+,20+,21-,22-,23?;;;;;/m1...../s1.